The molecule has 0 bridgehead atoms. The van der Waals surface area contributed by atoms with Gasteiger partial charge in [0.15, 0.2) is 0 Å². The maximum Gasteiger partial charge on any atom is 0.279 e. The van der Waals surface area contributed by atoms with Crippen LogP contribution in [0.25, 0.3) is 11.4 Å². The molecule has 0 spiro atoms. The number of hydrogen-bond donors (Lipinski definition) is 0. The maximum atomic E-state index is 12.7. The van der Waals surface area contributed by atoms with Gasteiger partial charge in [0.1, 0.15) is 5.82 Å². The van der Waals surface area contributed by atoms with Gasteiger partial charge in [-0.15, -0.1) is 0 Å². The Morgan fingerprint density at radius 3 is 2.25 bits per heavy atom. The molecule has 2 rings (SSSR count). The summed E-state index contributed by atoms with van der Waals surface area (Å²) in [4.78, 5) is 3.89. The van der Waals surface area contributed by atoms with Gasteiger partial charge in [-0.25, -0.2) is 4.39 Å². The SMILES string of the molecule is Fc1ccc(-c2noc(C(Cl)(Cl)Cl)n2)cc1. The lowest BCUT2D eigenvalue weighted by atomic mass is 10.2. The fourth-order valence-electron chi connectivity index (χ4n) is 1.05. The monoisotopic (exact) mass is 280 g/mol. The summed E-state index contributed by atoms with van der Waals surface area (Å²) < 4.78 is 15.7. The highest BCUT2D eigenvalue weighted by atomic mass is 35.6. The van der Waals surface area contributed by atoms with Crippen molar-refractivity contribution >= 4 is 34.8 Å². The molecular formula is C9H4Cl3FN2O. The molecule has 1 heterocycles. The first-order valence-corrected chi connectivity index (χ1v) is 5.27. The van der Waals surface area contributed by atoms with Gasteiger partial charge in [-0.1, -0.05) is 40.0 Å². The minimum atomic E-state index is -1.76. The number of aromatic nitrogens is 2. The highest BCUT2D eigenvalue weighted by Gasteiger charge is 2.30. The zero-order valence-electron chi connectivity index (χ0n) is 7.62. The van der Waals surface area contributed by atoms with Crippen LogP contribution >= 0.6 is 34.8 Å². The first kappa shape index (κ1) is 11.6. The van der Waals surface area contributed by atoms with E-state index in [-0.39, 0.29) is 17.5 Å². The maximum absolute atomic E-state index is 12.7. The molecule has 84 valence electrons. The summed E-state index contributed by atoms with van der Waals surface area (Å²) >= 11 is 16.7. The van der Waals surface area contributed by atoms with Gasteiger partial charge in [-0.3, -0.25) is 0 Å². The molecule has 1 aromatic heterocycles. The Morgan fingerprint density at radius 1 is 1.12 bits per heavy atom. The van der Waals surface area contributed by atoms with E-state index in [4.69, 9.17) is 39.3 Å². The number of rotatable bonds is 1. The number of halogens is 4. The van der Waals surface area contributed by atoms with Crippen LogP contribution in [0.2, 0.25) is 0 Å². The lowest BCUT2D eigenvalue weighted by Gasteiger charge is -2.01. The van der Waals surface area contributed by atoms with Crippen LogP contribution in [0.4, 0.5) is 4.39 Å². The van der Waals surface area contributed by atoms with Crippen molar-refractivity contribution in [1.29, 1.82) is 0 Å². The van der Waals surface area contributed by atoms with Crippen LogP contribution in [0.1, 0.15) is 5.89 Å². The predicted octanol–water partition coefficient (Wildman–Crippen LogP) is 3.70. The fourth-order valence-corrected chi connectivity index (χ4v) is 1.29. The standard InChI is InChI=1S/C9H4Cl3FN2O/c10-9(11,12)8-14-7(15-16-8)5-1-3-6(13)4-2-5/h1-4H. The third-order valence-electron chi connectivity index (χ3n) is 1.77. The molecule has 0 saturated heterocycles. The Morgan fingerprint density at radius 2 is 1.75 bits per heavy atom. The van der Waals surface area contributed by atoms with Gasteiger partial charge >= 0.3 is 0 Å². The Hall–Kier alpha value is -0.840. The second kappa shape index (κ2) is 4.20. The second-order valence-electron chi connectivity index (χ2n) is 2.93. The topological polar surface area (TPSA) is 38.9 Å². The zero-order valence-corrected chi connectivity index (χ0v) is 9.89. The van der Waals surface area contributed by atoms with Crippen LogP contribution in [0.5, 0.6) is 0 Å². The first-order valence-electron chi connectivity index (χ1n) is 4.13. The largest absolute Gasteiger partial charge is 0.334 e. The van der Waals surface area contributed by atoms with Crippen molar-refractivity contribution < 1.29 is 8.91 Å². The lowest BCUT2D eigenvalue weighted by molar-refractivity contribution is 0.383. The number of benzene rings is 1. The summed E-state index contributed by atoms with van der Waals surface area (Å²) in [6.07, 6.45) is 0. The van der Waals surface area contributed by atoms with Crippen LogP contribution in [0, 0.1) is 5.82 Å². The van der Waals surface area contributed by atoms with Crippen molar-refractivity contribution in [2.45, 2.75) is 3.79 Å². The summed E-state index contributed by atoms with van der Waals surface area (Å²) in [5.74, 6) is -0.244. The Labute approximate surface area is 105 Å². The van der Waals surface area contributed by atoms with E-state index in [0.29, 0.717) is 5.56 Å². The van der Waals surface area contributed by atoms with Gasteiger partial charge < -0.3 is 4.52 Å². The van der Waals surface area contributed by atoms with E-state index in [1.165, 1.54) is 24.3 Å². The molecule has 0 N–H and O–H groups in total. The summed E-state index contributed by atoms with van der Waals surface area (Å²) in [5, 5.41) is 3.62. The van der Waals surface area contributed by atoms with Crippen molar-refractivity contribution in [1.82, 2.24) is 10.1 Å². The molecule has 2 aromatic rings. The molecule has 0 radical (unpaired) electrons. The van der Waals surface area contributed by atoms with Crippen LogP contribution in [-0.2, 0) is 3.79 Å². The summed E-state index contributed by atoms with van der Waals surface area (Å²) in [7, 11) is 0. The van der Waals surface area contributed by atoms with Crippen molar-refractivity contribution in [3.63, 3.8) is 0 Å². The van der Waals surface area contributed by atoms with Crippen LogP contribution in [0.15, 0.2) is 28.8 Å². The molecule has 7 heteroatoms. The molecule has 0 unspecified atom stereocenters. The van der Waals surface area contributed by atoms with E-state index >= 15 is 0 Å². The van der Waals surface area contributed by atoms with E-state index in [1.807, 2.05) is 0 Å². The third-order valence-corrected chi connectivity index (χ3v) is 2.26. The van der Waals surface area contributed by atoms with Crippen LogP contribution < -0.4 is 0 Å². The molecule has 0 atom stereocenters. The Kier molecular flexibility index (Phi) is 3.06. The predicted molar refractivity (Wildman–Crippen MR) is 58.9 cm³/mol. The van der Waals surface area contributed by atoms with Crippen molar-refractivity contribution in [2.75, 3.05) is 0 Å². The molecule has 0 saturated carbocycles. The zero-order chi connectivity index (χ0) is 11.8. The average molecular weight is 282 g/mol. The Balaban J connectivity index is 2.35. The average Bonchev–Trinajstić information content (AvgIpc) is 2.67. The van der Waals surface area contributed by atoms with Gasteiger partial charge in [0, 0.05) is 5.56 Å². The van der Waals surface area contributed by atoms with E-state index in [2.05, 4.69) is 10.1 Å². The molecule has 16 heavy (non-hydrogen) atoms. The van der Waals surface area contributed by atoms with Crippen molar-refractivity contribution in [2.24, 2.45) is 0 Å². The molecule has 0 aliphatic heterocycles. The molecule has 0 aliphatic rings. The molecule has 1 aromatic carbocycles. The minimum Gasteiger partial charge on any atom is -0.334 e. The van der Waals surface area contributed by atoms with E-state index in [1.54, 1.807) is 0 Å². The van der Waals surface area contributed by atoms with Crippen molar-refractivity contribution in [3.05, 3.63) is 36.0 Å². The van der Waals surface area contributed by atoms with E-state index < -0.39 is 3.79 Å². The quantitative estimate of drug-likeness (QED) is 0.748. The molecule has 0 aliphatic carbocycles. The van der Waals surface area contributed by atoms with Crippen LogP contribution in [0.3, 0.4) is 0 Å². The van der Waals surface area contributed by atoms with E-state index in [0.717, 1.165) is 0 Å². The van der Waals surface area contributed by atoms with Gasteiger partial charge in [-0.2, -0.15) is 4.98 Å². The number of hydrogen-bond acceptors (Lipinski definition) is 3. The summed E-state index contributed by atoms with van der Waals surface area (Å²) in [6.45, 7) is 0. The van der Waals surface area contributed by atoms with Crippen molar-refractivity contribution in [3.8, 4) is 11.4 Å². The summed E-state index contributed by atoms with van der Waals surface area (Å²) in [5.41, 5.74) is 0.575. The highest BCUT2D eigenvalue weighted by Crippen LogP contribution is 2.37. The van der Waals surface area contributed by atoms with Gasteiger partial charge in [0.05, 0.1) is 0 Å². The van der Waals surface area contributed by atoms with Gasteiger partial charge in [0.25, 0.3) is 9.68 Å². The van der Waals surface area contributed by atoms with Gasteiger partial charge in [0.2, 0.25) is 5.82 Å². The number of alkyl halides is 3. The fraction of sp³-hybridized carbons (Fsp3) is 0.111. The van der Waals surface area contributed by atoms with Crippen LogP contribution in [-0.4, -0.2) is 10.1 Å². The molecule has 0 amide bonds. The van der Waals surface area contributed by atoms with Gasteiger partial charge in [-0.05, 0) is 24.3 Å². The highest BCUT2D eigenvalue weighted by molar-refractivity contribution is 6.66. The normalized spacial score (nSPS) is 11.8. The second-order valence-corrected chi connectivity index (χ2v) is 5.21. The molecular weight excluding hydrogens is 277 g/mol. The first-order chi connectivity index (χ1) is 7.47. The lowest BCUT2D eigenvalue weighted by Crippen LogP contribution is -1.99. The summed E-state index contributed by atoms with van der Waals surface area (Å²) in [6, 6.07) is 5.56. The smallest absolute Gasteiger partial charge is 0.279 e. The number of nitrogens with zero attached hydrogens (tertiary/aromatic N) is 2. The molecule has 3 nitrogen and oxygen atoms in total. The van der Waals surface area contributed by atoms with E-state index in [9.17, 15) is 4.39 Å². The third kappa shape index (κ3) is 2.45. The molecule has 0 fully saturated rings. The minimum absolute atomic E-state index is 0.128. The Bertz CT molecular complexity index is 492.